The molecule has 6 heteroatoms. The van der Waals surface area contributed by atoms with Crippen molar-refractivity contribution in [2.75, 3.05) is 0 Å². The van der Waals surface area contributed by atoms with Gasteiger partial charge in [-0.15, -0.1) is 0 Å². The first-order valence-corrected chi connectivity index (χ1v) is 9.19. The van der Waals surface area contributed by atoms with Crippen molar-refractivity contribution in [3.63, 3.8) is 0 Å². The van der Waals surface area contributed by atoms with Crippen molar-refractivity contribution in [3.05, 3.63) is 70.6 Å². The lowest BCUT2D eigenvalue weighted by atomic mass is 10.2. The number of carbonyl (C=O) groups is 1. The summed E-state index contributed by atoms with van der Waals surface area (Å²) >= 11 is 1.26. The Bertz CT molecular complexity index is 1140. The molecule has 0 spiro atoms. The average molecular weight is 363 g/mol. The third kappa shape index (κ3) is 2.82. The highest BCUT2D eigenvalue weighted by Crippen LogP contribution is 2.30. The molecule has 0 bridgehead atoms. The van der Waals surface area contributed by atoms with Crippen LogP contribution < -0.4 is 5.56 Å². The molecule has 0 unspecified atom stereocenters. The molecular formula is C20H17N3O2S. The fourth-order valence-corrected chi connectivity index (χ4v) is 4.06. The van der Waals surface area contributed by atoms with E-state index in [4.69, 9.17) is 0 Å². The van der Waals surface area contributed by atoms with Crippen molar-refractivity contribution >= 4 is 39.5 Å². The molecule has 4 aromatic rings. The normalized spacial score (nSPS) is 12.5. The lowest BCUT2D eigenvalue weighted by Crippen LogP contribution is -2.22. The summed E-state index contributed by atoms with van der Waals surface area (Å²) < 4.78 is 1.76. The van der Waals surface area contributed by atoms with Crippen LogP contribution in [-0.4, -0.2) is 25.7 Å². The highest BCUT2D eigenvalue weighted by molar-refractivity contribution is 8.00. The maximum atomic E-state index is 13.2. The summed E-state index contributed by atoms with van der Waals surface area (Å²) in [5.74, 6) is -0.0449. The molecule has 0 saturated carbocycles. The summed E-state index contributed by atoms with van der Waals surface area (Å²) in [4.78, 5) is 31.9. The standard InChI is InChI=1S/C20H17N3O2S/c1-12-11-18(24)22-20(21-12)26-13(2)19(25)23-16-9-5-3-7-14(16)15-8-4-6-10-17(15)23/h3-11,13H,1-2H3,(H,21,22,24)/t13-/m1/s1. The zero-order valence-electron chi connectivity index (χ0n) is 14.4. The van der Waals surface area contributed by atoms with E-state index in [1.807, 2.05) is 55.5 Å². The van der Waals surface area contributed by atoms with E-state index in [2.05, 4.69) is 9.97 Å². The van der Waals surface area contributed by atoms with Gasteiger partial charge in [0.05, 0.1) is 16.3 Å². The minimum absolute atomic E-state index is 0.0449. The number of para-hydroxylation sites is 2. The number of nitrogens with one attached hydrogen (secondary N) is 1. The summed E-state index contributed by atoms with van der Waals surface area (Å²) in [6.07, 6.45) is 0. The third-order valence-corrected chi connectivity index (χ3v) is 5.26. The van der Waals surface area contributed by atoms with Crippen molar-refractivity contribution in [3.8, 4) is 0 Å². The summed E-state index contributed by atoms with van der Waals surface area (Å²) in [7, 11) is 0. The number of hydrogen-bond acceptors (Lipinski definition) is 4. The van der Waals surface area contributed by atoms with Crippen LogP contribution in [0.2, 0.25) is 0 Å². The quantitative estimate of drug-likeness (QED) is 0.441. The molecule has 0 saturated heterocycles. The van der Waals surface area contributed by atoms with Crippen molar-refractivity contribution in [2.24, 2.45) is 0 Å². The highest BCUT2D eigenvalue weighted by Gasteiger charge is 2.22. The predicted octanol–water partition coefficient (Wildman–Crippen LogP) is 4.01. The first kappa shape index (κ1) is 16.6. The Morgan fingerprint density at radius 1 is 1.08 bits per heavy atom. The van der Waals surface area contributed by atoms with Crippen LogP contribution in [0.15, 0.2) is 64.5 Å². The van der Waals surface area contributed by atoms with Gasteiger partial charge in [0.1, 0.15) is 0 Å². The topological polar surface area (TPSA) is 67.8 Å². The van der Waals surface area contributed by atoms with Crippen LogP contribution >= 0.6 is 11.8 Å². The molecule has 0 fully saturated rings. The lowest BCUT2D eigenvalue weighted by Gasteiger charge is -2.12. The number of hydrogen-bond donors (Lipinski definition) is 1. The first-order chi connectivity index (χ1) is 12.5. The molecule has 2 aromatic carbocycles. The van der Waals surface area contributed by atoms with Gasteiger partial charge in [-0.2, -0.15) is 0 Å². The van der Waals surface area contributed by atoms with E-state index < -0.39 is 5.25 Å². The van der Waals surface area contributed by atoms with Crippen LogP contribution in [-0.2, 0) is 0 Å². The molecule has 1 atom stereocenters. The van der Waals surface area contributed by atoms with Gasteiger partial charge in [-0.3, -0.25) is 14.2 Å². The van der Waals surface area contributed by atoms with E-state index in [1.165, 1.54) is 17.8 Å². The van der Waals surface area contributed by atoms with E-state index in [0.29, 0.717) is 10.9 Å². The maximum Gasteiger partial charge on any atom is 0.251 e. The lowest BCUT2D eigenvalue weighted by molar-refractivity contribution is 0.0925. The van der Waals surface area contributed by atoms with E-state index in [1.54, 1.807) is 11.5 Å². The summed E-state index contributed by atoms with van der Waals surface area (Å²) in [5, 5.41) is 2.15. The molecule has 0 aliphatic heterocycles. The maximum absolute atomic E-state index is 13.2. The van der Waals surface area contributed by atoms with Crippen LogP contribution in [0, 0.1) is 6.92 Å². The number of fused-ring (bicyclic) bond motifs is 3. The molecule has 4 rings (SSSR count). The zero-order valence-corrected chi connectivity index (χ0v) is 15.2. The van der Waals surface area contributed by atoms with Crippen LogP contribution in [0.1, 0.15) is 17.4 Å². The highest BCUT2D eigenvalue weighted by atomic mass is 32.2. The van der Waals surface area contributed by atoms with Gasteiger partial charge >= 0.3 is 0 Å². The molecule has 0 amide bonds. The number of nitrogens with zero attached hydrogens (tertiary/aromatic N) is 2. The fraction of sp³-hybridized carbons (Fsp3) is 0.150. The first-order valence-electron chi connectivity index (χ1n) is 8.31. The molecule has 130 valence electrons. The molecule has 0 radical (unpaired) electrons. The predicted molar refractivity (Wildman–Crippen MR) is 105 cm³/mol. The van der Waals surface area contributed by atoms with Crippen molar-refractivity contribution in [2.45, 2.75) is 24.3 Å². The summed E-state index contributed by atoms with van der Waals surface area (Å²) in [6, 6.07) is 17.2. The van der Waals surface area contributed by atoms with Gasteiger partial charge in [0.15, 0.2) is 5.16 Å². The minimum atomic E-state index is -0.404. The van der Waals surface area contributed by atoms with E-state index >= 15 is 0 Å². The van der Waals surface area contributed by atoms with E-state index in [0.717, 1.165) is 21.8 Å². The molecule has 2 aromatic heterocycles. The molecule has 0 aliphatic rings. The Hall–Kier alpha value is -2.86. The largest absolute Gasteiger partial charge is 0.301 e. The number of aryl methyl sites for hydroxylation is 1. The monoisotopic (exact) mass is 363 g/mol. The second kappa shape index (κ2) is 6.46. The number of aromatic nitrogens is 3. The molecule has 1 N–H and O–H groups in total. The average Bonchev–Trinajstić information content (AvgIpc) is 2.94. The minimum Gasteiger partial charge on any atom is -0.301 e. The van der Waals surface area contributed by atoms with Crippen molar-refractivity contribution < 1.29 is 4.79 Å². The number of aromatic amines is 1. The Labute approximate surface area is 154 Å². The smallest absolute Gasteiger partial charge is 0.251 e. The zero-order chi connectivity index (χ0) is 18.3. The van der Waals surface area contributed by atoms with E-state index in [-0.39, 0.29) is 11.5 Å². The Morgan fingerprint density at radius 2 is 1.65 bits per heavy atom. The molecule has 26 heavy (non-hydrogen) atoms. The number of thioether (sulfide) groups is 1. The molecule has 0 aliphatic carbocycles. The van der Waals surface area contributed by atoms with Gasteiger partial charge in [-0.25, -0.2) is 4.98 Å². The second-order valence-electron chi connectivity index (χ2n) is 6.16. The number of carbonyl (C=O) groups excluding carboxylic acids is 1. The SMILES string of the molecule is Cc1cc(=O)[nH]c(S[C@H](C)C(=O)n2c3ccccc3c3ccccc32)n1. The van der Waals surface area contributed by atoms with Gasteiger partial charge in [0.2, 0.25) is 5.91 Å². The van der Waals surface area contributed by atoms with Crippen molar-refractivity contribution in [1.82, 2.24) is 14.5 Å². The van der Waals surface area contributed by atoms with Crippen molar-refractivity contribution in [1.29, 1.82) is 0 Å². The molecular weight excluding hydrogens is 346 g/mol. The van der Waals surface area contributed by atoms with Gasteiger partial charge in [0, 0.05) is 22.5 Å². The third-order valence-electron chi connectivity index (χ3n) is 4.28. The molecule has 5 nitrogen and oxygen atoms in total. The number of benzene rings is 2. The Kier molecular flexibility index (Phi) is 4.12. The van der Waals surface area contributed by atoms with E-state index in [9.17, 15) is 9.59 Å². The van der Waals surface area contributed by atoms with Gasteiger partial charge in [-0.1, -0.05) is 48.2 Å². The van der Waals surface area contributed by atoms with Crippen LogP contribution in [0.25, 0.3) is 21.8 Å². The molecule has 2 heterocycles. The van der Waals surface area contributed by atoms with Gasteiger partial charge < -0.3 is 4.98 Å². The summed E-state index contributed by atoms with van der Waals surface area (Å²) in [5.41, 5.74) is 2.19. The summed E-state index contributed by atoms with van der Waals surface area (Å²) in [6.45, 7) is 3.59. The fourth-order valence-electron chi connectivity index (χ4n) is 3.17. The van der Waals surface area contributed by atoms with Crippen LogP contribution in [0.5, 0.6) is 0 Å². The second-order valence-corrected chi connectivity index (χ2v) is 7.49. The van der Waals surface area contributed by atoms with Gasteiger partial charge in [0.25, 0.3) is 5.56 Å². The Balaban J connectivity index is 1.78. The Morgan fingerprint density at radius 3 is 2.23 bits per heavy atom. The number of rotatable bonds is 3. The van der Waals surface area contributed by atoms with Crippen LogP contribution in [0.3, 0.4) is 0 Å². The van der Waals surface area contributed by atoms with Gasteiger partial charge in [-0.05, 0) is 26.0 Å². The number of H-pyrrole nitrogens is 1. The van der Waals surface area contributed by atoms with Crippen LogP contribution in [0.4, 0.5) is 0 Å².